The van der Waals surface area contributed by atoms with Crippen LogP contribution in [0.15, 0.2) is 24.3 Å². The van der Waals surface area contributed by atoms with Gasteiger partial charge in [-0.1, -0.05) is 25.7 Å². The van der Waals surface area contributed by atoms with Gasteiger partial charge < -0.3 is 15.0 Å². The van der Waals surface area contributed by atoms with Gasteiger partial charge in [-0.05, 0) is 76.0 Å². The number of hydrogen-bond donors (Lipinski definition) is 1. The Hall–Kier alpha value is -2.08. The lowest BCUT2D eigenvalue weighted by Gasteiger charge is -2.56. The summed E-state index contributed by atoms with van der Waals surface area (Å²) in [5.41, 5.74) is 0.278. The number of likely N-dealkylation sites (tertiary alicyclic amines) is 1. The Balaban J connectivity index is 1.41. The van der Waals surface area contributed by atoms with Crippen LogP contribution in [0.4, 0.5) is 5.69 Å². The van der Waals surface area contributed by atoms with Crippen LogP contribution in [0.25, 0.3) is 0 Å². The third-order valence-electron chi connectivity index (χ3n) is 7.17. The number of anilines is 1. The van der Waals surface area contributed by atoms with E-state index in [0.29, 0.717) is 6.54 Å². The Bertz CT molecular complexity index is 737. The van der Waals surface area contributed by atoms with E-state index in [2.05, 4.69) is 10.2 Å². The van der Waals surface area contributed by atoms with E-state index < -0.39 is 11.5 Å². The van der Waals surface area contributed by atoms with Crippen LogP contribution < -0.4 is 15.0 Å². The number of nitrogens with zero attached hydrogens (tertiary/aromatic N) is 2. The number of rotatable bonds is 7. The summed E-state index contributed by atoms with van der Waals surface area (Å²) < 4.78 is 5.24. The smallest absolute Gasteiger partial charge is 0.244 e. The van der Waals surface area contributed by atoms with Gasteiger partial charge in [0.1, 0.15) is 11.8 Å². The van der Waals surface area contributed by atoms with E-state index in [1.807, 2.05) is 24.3 Å². The van der Waals surface area contributed by atoms with Crippen molar-refractivity contribution in [2.45, 2.75) is 63.8 Å². The van der Waals surface area contributed by atoms with E-state index in [9.17, 15) is 9.59 Å². The Morgan fingerprint density at radius 3 is 2.40 bits per heavy atom. The van der Waals surface area contributed by atoms with Gasteiger partial charge in [0.25, 0.3) is 0 Å². The standard InChI is InChI=1S/C24H35N3O3/c1-30-20-11-9-19(10-12-20)27-21(24(23(27)29)13-4-2-5-14-24)22(28)25-15-8-18-26-16-6-3-7-17-26/h9-12,21H,2-8,13-18H2,1H3,(H,25,28). The van der Waals surface area contributed by atoms with Gasteiger partial charge in [0.05, 0.1) is 12.5 Å². The highest BCUT2D eigenvalue weighted by Gasteiger charge is 2.63. The minimum Gasteiger partial charge on any atom is -0.497 e. The molecule has 1 aromatic carbocycles. The molecule has 3 aliphatic rings. The van der Waals surface area contributed by atoms with Crippen molar-refractivity contribution in [1.82, 2.24) is 10.2 Å². The summed E-state index contributed by atoms with van der Waals surface area (Å²) in [4.78, 5) is 30.7. The maximum atomic E-state index is 13.3. The summed E-state index contributed by atoms with van der Waals surface area (Å²) in [6, 6.07) is 7.06. The van der Waals surface area contributed by atoms with Crippen LogP contribution in [0, 0.1) is 5.41 Å². The van der Waals surface area contributed by atoms with Crippen LogP contribution in [-0.4, -0.2) is 56.0 Å². The van der Waals surface area contributed by atoms with E-state index in [1.54, 1.807) is 12.0 Å². The molecule has 4 rings (SSSR count). The van der Waals surface area contributed by atoms with E-state index in [-0.39, 0.29) is 11.8 Å². The zero-order valence-corrected chi connectivity index (χ0v) is 18.2. The molecule has 1 atom stereocenters. The van der Waals surface area contributed by atoms with Gasteiger partial charge in [-0.2, -0.15) is 0 Å². The molecule has 2 saturated heterocycles. The summed E-state index contributed by atoms with van der Waals surface area (Å²) in [5.74, 6) is 0.865. The van der Waals surface area contributed by atoms with Crippen LogP contribution in [0.2, 0.25) is 0 Å². The number of nitrogens with one attached hydrogen (secondary N) is 1. The second-order valence-electron chi connectivity index (χ2n) is 9.04. The number of amides is 2. The number of methoxy groups -OCH3 is 1. The van der Waals surface area contributed by atoms with Crippen molar-refractivity contribution in [3.8, 4) is 5.75 Å². The molecule has 1 aliphatic carbocycles. The molecule has 6 nitrogen and oxygen atoms in total. The van der Waals surface area contributed by atoms with Crippen molar-refractivity contribution < 1.29 is 14.3 Å². The zero-order chi connectivity index (χ0) is 21.0. The highest BCUT2D eigenvalue weighted by Crippen LogP contribution is 2.51. The second-order valence-corrected chi connectivity index (χ2v) is 9.04. The van der Waals surface area contributed by atoms with Crippen molar-refractivity contribution in [1.29, 1.82) is 0 Å². The van der Waals surface area contributed by atoms with Crippen molar-refractivity contribution in [3.63, 3.8) is 0 Å². The normalized spacial score (nSPS) is 23.8. The Labute approximate surface area is 179 Å². The largest absolute Gasteiger partial charge is 0.497 e. The minimum absolute atomic E-state index is 0.00552. The van der Waals surface area contributed by atoms with Crippen LogP contribution in [0.1, 0.15) is 57.8 Å². The molecular weight excluding hydrogens is 378 g/mol. The molecule has 0 bridgehead atoms. The van der Waals surface area contributed by atoms with Gasteiger partial charge in [0.2, 0.25) is 11.8 Å². The topological polar surface area (TPSA) is 61.9 Å². The van der Waals surface area contributed by atoms with E-state index >= 15 is 0 Å². The molecule has 1 aromatic rings. The van der Waals surface area contributed by atoms with Crippen molar-refractivity contribution >= 4 is 17.5 Å². The maximum absolute atomic E-state index is 13.3. The first-order chi connectivity index (χ1) is 14.7. The molecule has 164 valence electrons. The van der Waals surface area contributed by atoms with Crippen LogP contribution in [-0.2, 0) is 9.59 Å². The Morgan fingerprint density at radius 2 is 1.73 bits per heavy atom. The second kappa shape index (κ2) is 9.38. The lowest BCUT2D eigenvalue weighted by molar-refractivity contribution is -0.150. The third kappa shape index (κ3) is 4.07. The summed E-state index contributed by atoms with van der Waals surface area (Å²) >= 11 is 0. The highest BCUT2D eigenvalue weighted by molar-refractivity contribution is 6.14. The number of benzene rings is 1. The molecule has 1 saturated carbocycles. The number of hydrogen-bond acceptors (Lipinski definition) is 4. The summed E-state index contributed by atoms with van der Waals surface area (Å²) in [6.07, 6.45) is 9.73. The van der Waals surface area contributed by atoms with Crippen molar-refractivity contribution in [3.05, 3.63) is 24.3 Å². The number of carbonyl (C=O) groups excluding carboxylic acids is 2. The van der Waals surface area contributed by atoms with E-state index in [4.69, 9.17) is 4.74 Å². The fourth-order valence-electron chi connectivity index (χ4n) is 5.50. The zero-order valence-electron chi connectivity index (χ0n) is 18.2. The third-order valence-corrected chi connectivity index (χ3v) is 7.17. The molecular formula is C24H35N3O3. The monoisotopic (exact) mass is 413 g/mol. The fourth-order valence-corrected chi connectivity index (χ4v) is 5.50. The minimum atomic E-state index is -0.505. The summed E-state index contributed by atoms with van der Waals surface area (Å²) in [7, 11) is 1.63. The SMILES string of the molecule is COc1ccc(N2C(=O)C3(CCCCC3)C2C(=O)NCCCN2CCCCC2)cc1. The lowest BCUT2D eigenvalue weighted by atomic mass is 9.61. The Morgan fingerprint density at radius 1 is 1.07 bits per heavy atom. The fraction of sp³-hybridized carbons (Fsp3) is 0.667. The predicted molar refractivity (Wildman–Crippen MR) is 118 cm³/mol. The molecule has 6 heteroatoms. The molecule has 0 radical (unpaired) electrons. The number of β-lactam (4-membered cyclic amide) rings is 1. The lowest BCUT2D eigenvalue weighted by Crippen LogP contribution is -2.74. The van der Waals surface area contributed by atoms with Crippen molar-refractivity contribution in [2.75, 3.05) is 38.2 Å². The van der Waals surface area contributed by atoms with Crippen LogP contribution >= 0.6 is 0 Å². The molecule has 1 spiro atoms. The van der Waals surface area contributed by atoms with Gasteiger partial charge in [-0.25, -0.2) is 0 Å². The first-order valence-corrected chi connectivity index (χ1v) is 11.6. The first-order valence-electron chi connectivity index (χ1n) is 11.6. The van der Waals surface area contributed by atoms with E-state index in [0.717, 1.165) is 56.5 Å². The number of ether oxygens (including phenoxy) is 1. The molecule has 2 heterocycles. The number of piperidine rings is 1. The molecule has 30 heavy (non-hydrogen) atoms. The van der Waals surface area contributed by atoms with E-state index in [1.165, 1.54) is 32.4 Å². The average molecular weight is 414 g/mol. The van der Waals surface area contributed by atoms with Gasteiger partial charge in [0, 0.05) is 12.2 Å². The molecule has 2 aliphatic heterocycles. The average Bonchev–Trinajstić information content (AvgIpc) is 2.81. The quantitative estimate of drug-likeness (QED) is 0.550. The summed E-state index contributed by atoms with van der Waals surface area (Å²) in [5, 5.41) is 3.15. The molecule has 3 fully saturated rings. The molecule has 2 amide bonds. The Kier molecular flexibility index (Phi) is 6.61. The van der Waals surface area contributed by atoms with Crippen LogP contribution in [0.5, 0.6) is 5.75 Å². The maximum Gasteiger partial charge on any atom is 0.244 e. The summed E-state index contributed by atoms with van der Waals surface area (Å²) in [6.45, 7) is 4.07. The molecule has 1 N–H and O–H groups in total. The van der Waals surface area contributed by atoms with Gasteiger partial charge in [-0.3, -0.25) is 14.5 Å². The molecule has 0 aromatic heterocycles. The van der Waals surface area contributed by atoms with Gasteiger partial charge in [-0.15, -0.1) is 0 Å². The first kappa shape index (κ1) is 21.2. The van der Waals surface area contributed by atoms with Gasteiger partial charge in [0.15, 0.2) is 0 Å². The highest BCUT2D eigenvalue weighted by atomic mass is 16.5. The predicted octanol–water partition coefficient (Wildman–Crippen LogP) is 3.35. The van der Waals surface area contributed by atoms with Crippen LogP contribution in [0.3, 0.4) is 0 Å². The number of carbonyl (C=O) groups is 2. The van der Waals surface area contributed by atoms with Crippen molar-refractivity contribution in [2.24, 2.45) is 5.41 Å². The van der Waals surface area contributed by atoms with Gasteiger partial charge >= 0.3 is 0 Å². The molecule has 1 unspecified atom stereocenters.